The van der Waals surface area contributed by atoms with E-state index in [4.69, 9.17) is 18.9 Å². The van der Waals surface area contributed by atoms with Gasteiger partial charge >= 0.3 is 0 Å². The maximum Gasteiger partial charge on any atom is 0.144 e. The van der Waals surface area contributed by atoms with Crippen LogP contribution in [0.5, 0.6) is 11.5 Å². The summed E-state index contributed by atoms with van der Waals surface area (Å²) in [5, 5.41) is 0. The molecule has 3 rings (SSSR count). The molecule has 1 fully saturated rings. The van der Waals surface area contributed by atoms with E-state index >= 15 is 0 Å². The fourth-order valence-corrected chi connectivity index (χ4v) is 2.59. The summed E-state index contributed by atoms with van der Waals surface area (Å²) in [6.07, 6.45) is 3.97. The van der Waals surface area contributed by atoms with Crippen molar-refractivity contribution in [2.24, 2.45) is 0 Å². The molecule has 1 atom stereocenters. The molecule has 128 valence electrons. The first-order chi connectivity index (χ1) is 11.8. The van der Waals surface area contributed by atoms with Crippen LogP contribution >= 0.6 is 0 Å². The summed E-state index contributed by atoms with van der Waals surface area (Å²) in [6.45, 7) is 2.26. The van der Waals surface area contributed by atoms with Crippen LogP contribution in [0.2, 0.25) is 0 Å². The van der Waals surface area contributed by atoms with Gasteiger partial charge in [0.15, 0.2) is 0 Å². The van der Waals surface area contributed by atoms with Gasteiger partial charge in [0.1, 0.15) is 17.3 Å². The molecule has 0 aliphatic carbocycles. The molecular weight excluding hydrogens is 313 g/mol. The largest absolute Gasteiger partial charge is 0.494 e. The summed E-state index contributed by atoms with van der Waals surface area (Å²) in [6, 6.07) is 6.39. The Hall–Kier alpha value is -2.18. The van der Waals surface area contributed by atoms with E-state index in [1.165, 1.54) is 12.1 Å². The van der Waals surface area contributed by atoms with Crippen LogP contribution in [0.25, 0.3) is 11.1 Å². The molecule has 6 heteroatoms. The van der Waals surface area contributed by atoms with Gasteiger partial charge in [-0.3, -0.25) is 4.98 Å². The van der Waals surface area contributed by atoms with Gasteiger partial charge < -0.3 is 18.9 Å². The fraction of sp³-hybridized carbons (Fsp3) is 0.389. The SMILES string of the molecule is COc1cnccc1-c1cc(F)cc(OCCC2COCCO2)c1. The summed E-state index contributed by atoms with van der Waals surface area (Å²) in [5.74, 6) is 0.695. The number of aromatic nitrogens is 1. The highest BCUT2D eigenvalue weighted by Crippen LogP contribution is 2.32. The van der Waals surface area contributed by atoms with Crippen LogP contribution in [0, 0.1) is 5.82 Å². The Kier molecular flexibility index (Phi) is 5.61. The molecule has 1 aliphatic heterocycles. The number of hydrogen-bond acceptors (Lipinski definition) is 5. The van der Waals surface area contributed by atoms with Crippen molar-refractivity contribution in [2.75, 3.05) is 33.5 Å². The van der Waals surface area contributed by atoms with E-state index in [-0.39, 0.29) is 11.9 Å². The third-order valence-electron chi connectivity index (χ3n) is 3.78. The molecule has 1 aromatic heterocycles. The lowest BCUT2D eigenvalue weighted by Crippen LogP contribution is -2.29. The molecule has 2 heterocycles. The zero-order valence-electron chi connectivity index (χ0n) is 13.5. The van der Waals surface area contributed by atoms with E-state index < -0.39 is 0 Å². The molecule has 0 spiro atoms. The Labute approximate surface area is 140 Å². The highest BCUT2D eigenvalue weighted by atomic mass is 19.1. The second-order valence-corrected chi connectivity index (χ2v) is 5.46. The Morgan fingerprint density at radius 1 is 1.29 bits per heavy atom. The van der Waals surface area contributed by atoms with Crippen molar-refractivity contribution >= 4 is 0 Å². The quantitative estimate of drug-likeness (QED) is 0.813. The molecule has 5 nitrogen and oxygen atoms in total. The number of nitrogens with zero attached hydrogens (tertiary/aromatic N) is 1. The predicted octanol–water partition coefficient (Wildman–Crippen LogP) is 3.08. The van der Waals surface area contributed by atoms with Crippen molar-refractivity contribution in [1.29, 1.82) is 0 Å². The van der Waals surface area contributed by atoms with Gasteiger partial charge in [0.05, 0.1) is 45.8 Å². The maximum atomic E-state index is 13.9. The number of halogens is 1. The summed E-state index contributed by atoms with van der Waals surface area (Å²) in [4.78, 5) is 4.01. The van der Waals surface area contributed by atoms with Crippen LogP contribution in [-0.4, -0.2) is 44.6 Å². The Balaban J connectivity index is 1.69. The number of hydrogen-bond donors (Lipinski definition) is 0. The van der Waals surface area contributed by atoms with Crippen molar-refractivity contribution in [3.8, 4) is 22.6 Å². The second kappa shape index (κ2) is 8.08. The maximum absolute atomic E-state index is 13.9. The summed E-state index contributed by atoms with van der Waals surface area (Å²) < 4.78 is 35.8. The first-order valence-electron chi connectivity index (χ1n) is 7.87. The lowest BCUT2D eigenvalue weighted by atomic mass is 10.1. The van der Waals surface area contributed by atoms with Gasteiger partial charge in [0.2, 0.25) is 0 Å². The number of rotatable bonds is 6. The van der Waals surface area contributed by atoms with Crippen LogP contribution in [-0.2, 0) is 9.47 Å². The van der Waals surface area contributed by atoms with E-state index in [2.05, 4.69) is 4.98 Å². The summed E-state index contributed by atoms with van der Waals surface area (Å²) >= 11 is 0. The minimum Gasteiger partial charge on any atom is -0.494 e. The molecule has 1 aliphatic rings. The average Bonchev–Trinajstić information content (AvgIpc) is 2.62. The third kappa shape index (κ3) is 4.21. The van der Waals surface area contributed by atoms with Crippen LogP contribution < -0.4 is 9.47 Å². The van der Waals surface area contributed by atoms with Gasteiger partial charge in [-0.2, -0.15) is 0 Å². The lowest BCUT2D eigenvalue weighted by molar-refractivity contribution is -0.0935. The molecule has 2 aromatic rings. The molecule has 0 N–H and O–H groups in total. The van der Waals surface area contributed by atoms with Gasteiger partial charge in [-0.15, -0.1) is 0 Å². The molecule has 0 saturated carbocycles. The van der Waals surface area contributed by atoms with E-state index in [1.807, 2.05) is 0 Å². The second-order valence-electron chi connectivity index (χ2n) is 5.46. The standard InChI is InChI=1S/C18H20FNO4/c1-21-18-11-20-4-2-17(18)13-8-14(19)10-16(9-13)23-5-3-15-12-22-6-7-24-15/h2,4,8-11,15H,3,5-7,12H2,1H3. The van der Waals surface area contributed by atoms with Crippen LogP contribution in [0.15, 0.2) is 36.7 Å². The van der Waals surface area contributed by atoms with Gasteiger partial charge in [0, 0.05) is 24.2 Å². The zero-order valence-corrected chi connectivity index (χ0v) is 13.5. The minimum atomic E-state index is -0.362. The summed E-state index contributed by atoms with van der Waals surface area (Å²) in [7, 11) is 1.56. The average molecular weight is 333 g/mol. The van der Waals surface area contributed by atoms with Gasteiger partial charge in [-0.1, -0.05) is 0 Å². The number of pyridine rings is 1. The van der Waals surface area contributed by atoms with E-state index in [0.29, 0.717) is 49.9 Å². The molecule has 1 unspecified atom stereocenters. The van der Waals surface area contributed by atoms with Crippen molar-refractivity contribution in [3.05, 3.63) is 42.5 Å². The molecule has 0 amide bonds. The topological polar surface area (TPSA) is 49.8 Å². The monoisotopic (exact) mass is 333 g/mol. The van der Waals surface area contributed by atoms with Crippen molar-refractivity contribution in [3.63, 3.8) is 0 Å². The highest BCUT2D eigenvalue weighted by molar-refractivity contribution is 5.70. The normalized spacial score (nSPS) is 17.5. The molecule has 24 heavy (non-hydrogen) atoms. The van der Waals surface area contributed by atoms with Crippen molar-refractivity contribution in [2.45, 2.75) is 12.5 Å². The van der Waals surface area contributed by atoms with E-state index in [9.17, 15) is 4.39 Å². The predicted molar refractivity (Wildman–Crippen MR) is 86.9 cm³/mol. The van der Waals surface area contributed by atoms with E-state index in [0.717, 1.165) is 5.56 Å². The number of ether oxygens (including phenoxy) is 4. The molecule has 0 radical (unpaired) electrons. The van der Waals surface area contributed by atoms with Gasteiger partial charge in [-0.25, -0.2) is 4.39 Å². The lowest BCUT2D eigenvalue weighted by Gasteiger charge is -2.22. The Bertz CT molecular complexity index is 674. The van der Waals surface area contributed by atoms with Crippen LogP contribution in [0.3, 0.4) is 0 Å². The van der Waals surface area contributed by atoms with Crippen molar-refractivity contribution < 1.29 is 23.3 Å². The highest BCUT2D eigenvalue weighted by Gasteiger charge is 2.14. The number of methoxy groups -OCH3 is 1. The number of benzene rings is 1. The van der Waals surface area contributed by atoms with Crippen LogP contribution in [0.1, 0.15) is 6.42 Å². The van der Waals surface area contributed by atoms with Gasteiger partial charge in [0.25, 0.3) is 0 Å². The summed E-state index contributed by atoms with van der Waals surface area (Å²) in [5.41, 5.74) is 1.45. The smallest absolute Gasteiger partial charge is 0.144 e. The zero-order chi connectivity index (χ0) is 16.8. The Morgan fingerprint density at radius 3 is 3.00 bits per heavy atom. The molecule has 1 saturated heterocycles. The van der Waals surface area contributed by atoms with Crippen molar-refractivity contribution in [1.82, 2.24) is 4.98 Å². The molecule has 0 bridgehead atoms. The minimum absolute atomic E-state index is 0.0343. The Morgan fingerprint density at radius 2 is 2.21 bits per heavy atom. The third-order valence-corrected chi connectivity index (χ3v) is 3.78. The first-order valence-corrected chi connectivity index (χ1v) is 7.87. The molecule has 1 aromatic carbocycles. The van der Waals surface area contributed by atoms with Gasteiger partial charge in [-0.05, 0) is 23.8 Å². The first kappa shape index (κ1) is 16.7. The van der Waals surface area contributed by atoms with E-state index in [1.54, 1.807) is 31.6 Å². The van der Waals surface area contributed by atoms with Crippen LogP contribution in [0.4, 0.5) is 4.39 Å². The fourth-order valence-electron chi connectivity index (χ4n) is 2.59. The molecular formula is C18H20FNO4.